The van der Waals surface area contributed by atoms with Crippen LogP contribution < -0.4 is 19.9 Å². The topological polar surface area (TPSA) is 101 Å². The number of aromatic nitrogens is 5. The van der Waals surface area contributed by atoms with E-state index in [1.165, 1.54) is 12.1 Å². The minimum Gasteiger partial charge on any atom is -0.493 e. The molecule has 0 saturated heterocycles. The molecule has 41 heavy (non-hydrogen) atoms. The number of aromatic amines is 1. The van der Waals surface area contributed by atoms with Crippen molar-refractivity contribution in [1.29, 1.82) is 0 Å². The van der Waals surface area contributed by atoms with E-state index in [9.17, 15) is 9.18 Å². The monoisotopic (exact) mass is 557 g/mol. The second-order valence-electron chi connectivity index (χ2n) is 10.0. The molecule has 10 nitrogen and oxygen atoms in total. The van der Waals surface area contributed by atoms with E-state index in [0.717, 1.165) is 22.2 Å². The van der Waals surface area contributed by atoms with Gasteiger partial charge in [-0.2, -0.15) is 0 Å². The molecule has 0 amide bonds. The van der Waals surface area contributed by atoms with Gasteiger partial charge in [0.25, 0.3) is 5.56 Å². The van der Waals surface area contributed by atoms with Crippen LogP contribution in [0.15, 0.2) is 71.5 Å². The maximum atomic E-state index is 13.6. The van der Waals surface area contributed by atoms with Gasteiger partial charge in [-0.3, -0.25) is 9.69 Å². The average Bonchev–Trinajstić information content (AvgIpc) is 3.40. The number of pyridine rings is 1. The molecule has 0 bridgehead atoms. The second-order valence-corrected chi connectivity index (χ2v) is 10.0. The van der Waals surface area contributed by atoms with Crippen molar-refractivity contribution in [2.75, 3.05) is 33.2 Å². The number of fused-ring (bicyclic) bond motifs is 1. The summed E-state index contributed by atoms with van der Waals surface area (Å²) in [5.41, 5.74) is 4.03. The van der Waals surface area contributed by atoms with E-state index >= 15 is 0 Å². The molecule has 0 radical (unpaired) electrons. The van der Waals surface area contributed by atoms with Crippen molar-refractivity contribution in [2.45, 2.75) is 26.2 Å². The van der Waals surface area contributed by atoms with E-state index in [-0.39, 0.29) is 11.4 Å². The Morgan fingerprint density at radius 2 is 1.66 bits per heavy atom. The Balaban J connectivity index is 1.45. The molecule has 1 N–H and O–H groups in total. The van der Waals surface area contributed by atoms with Crippen LogP contribution in [0.1, 0.15) is 22.5 Å². The Hall–Kier alpha value is -4.77. The van der Waals surface area contributed by atoms with Gasteiger partial charge >= 0.3 is 0 Å². The Morgan fingerprint density at radius 1 is 0.902 bits per heavy atom. The summed E-state index contributed by atoms with van der Waals surface area (Å²) < 4.78 is 26.2. The molecule has 5 aromatic rings. The van der Waals surface area contributed by atoms with Crippen LogP contribution in [0.5, 0.6) is 11.5 Å². The maximum Gasteiger partial charge on any atom is 0.252 e. The largest absolute Gasteiger partial charge is 0.493 e. The SMILES string of the molecule is COc1cc2cc(CN(Cc3ccc(F)cc3)Cc3nnnn3Cc3cccc(N(C)C)c3)c(=O)[nH]c2cc1OC. The summed E-state index contributed by atoms with van der Waals surface area (Å²) in [7, 11) is 7.11. The Kier molecular flexibility index (Phi) is 8.25. The van der Waals surface area contributed by atoms with Crippen LogP contribution in [-0.4, -0.2) is 58.4 Å². The third kappa shape index (κ3) is 6.52. The summed E-state index contributed by atoms with van der Waals surface area (Å²) in [6, 6.07) is 19.9. The number of hydrogen-bond acceptors (Lipinski definition) is 8. The third-order valence-corrected chi connectivity index (χ3v) is 6.87. The molecular formula is C30H32FN7O3. The number of ether oxygens (including phenoxy) is 2. The third-order valence-electron chi connectivity index (χ3n) is 6.87. The molecule has 0 aliphatic heterocycles. The Morgan fingerprint density at radius 3 is 2.39 bits per heavy atom. The first kappa shape index (κ1) is 27.8. The molecule has 3 aromatic carbocycles. The Bertz CT molecular complexity index is 1700. The molecule has 2 aromatic heterocycles. The van der Waals surface area contributed by atoms with Crippen LogP contribution in [0.25, 0.3) is 10.9 Å². The molecule has 11 heteroatoms. The maximum absolute atomic E-state index is 13.6. The van der Waals surface area contributed by atoms with Gasteiger partial charge < -0.3 is 19.4 Å². The summed E-state index contributed by atoms with van der Waals surface area (Å²) in [6.07, 6.45) is 0. The number of nitrogens with one attached hydrogen (secondary N) is 1. The fraction of sp³-hybridized carbons (Fsp3) is 0.267. The normalized spacial score (nSPS) is 11.3. The highest BCUT2D eigenvalue weighted by Gasteiger charge is 2.17. The molecule has 2 heterocycles. The fourth-order valence-corrected chi connectivity index (χ4v) is 4.72. The highest BCUT2D eigenvalue weighted by atomic mass is 19.1. The fourth-order valence-electron chi connectivity index (χ4n) is 4.72. The summed E-state index contributed by atoms with van der Waals surface area (Å²) in [5, 5.41) is 13.3. The van der Waals surface area contributed by atoms with Gasteiger partial charge in [0.05, 0.1) is 32.8 Å². The number of tetrazole rings is 1. The summed E-state index contributed by atoms with van der Waals surface area (Å²) in [6.45, 7) is 1.61. The van der Waals surface area contributed by atoms with E-state index < -0.39 is 0 Å². The quantitative estimate of drug-likeness (QED) is 0.260. The first-order chi connectivity index (χ1) is 19.8. The van der Waals surface area contributed by atoms with Gasteiger partial charge in [0, 0.05) is 49.9 Å². The van der Waals surface area contributed by atoms with Crippen molar-refractivity contribution in [3.05, 3.63) is 105 Å². The minimum atomic E-state index is -0.306. The van der Waals surface area contributed by atoms with Gasteiger partial charge in [-0.15, -0.1) is 5.10 Å². The van der Waals surface area contributed by atoms with Crippen molar-refractivity contribution in [3.8, 4) is 11.5 Å². The number of H-pyrrole nitrogens is 1. The second kappa shape index (κ2) is 12.2. The van der Waals surface area contributed by atoms with Gasteiger partial charge in [0.2, 0.25) is 0 Å². The first-order valence-electron chi connectivity index (χ1n) is 13.1. The number of methoxy groups -OCH3 is 2. The van der Waals surface area contributed by atoms with E-state index in [4.69, 9.17) is 9.47 Å². The van der Waals surface area contributed by atoms with E-state index in [0.29, 0.717) is 54.6 Å². The number of benzene rings is 3. The van der Waals surface area contributed by atoms with E-state index in [1.807, 2.05) is 49.3 Å². The Labute approximate surface area is 236 Å². The zero-order chi connectivity index (χ0) is 28.9. The van der Waals surface area contributed by atoms with Gasteiger partial charge in [-0.25, -0.2) is 9.07 Å². The van der Waals surface area contributed by atoms with Gasteiger partial charge in [0.15, 0.2) is 17.3 Å². The van der Waals surface area contributed by atoms with Crippen molar-refractivity contribution >= 4 is 16.6 Å². The van der Waals surface area contributed by atoms with E-state index in [1.54, 1.807) is 37.1 Å². The molecule has 0 unspecified atom stereocenters. The molecule has 0 atom stereocenters. The predicted octanol–water partition coefficient (Wildman–Crippen LogP) is 3.99. The highest BCUT2D eigenvalue weighted by Crippen LogP contribution is 2.31. The van der Waals surface area contributed by atoms with Gasteiger partial charge in [-0.1, -0.05) is 24.3 Å². The highest BCUT2D eigenvalue weighted by molar-refractivity contribution is 5.83. The van der Waals surface area contributed by atoms with Crippen molar-refractivity contribution in [3.63, 3.8) is 0 Å². The van der Waals surface area contributed by atoms with Crippen LogP contribution in [0.4, 0.5) is 10.1 Å². The van der Waals surface area contributed by atoms with Crippen LogP contribution in [0.2, 0.25) is 0 Å². The van der Waals surface area contributed by atoms with Crippen LogP contribution in [0, 0.1) is 5.82 Å². The minimum absolute atomic E-state index is 0.214. The average molecular weight is 558 g/mol. The first-order valence-corrected chi connectivity index (χ1v) is 13.1. The summed E-state index contributed by atoms with van der Waals surface area (Å²) >= 11 is 0. The van der Waals surface area contributed by atoms with Crippen molar-refractivity contribution in [1.82, 2.24) is 30.1 Å². The lowest BCUT2D eigenvalue weighted by Gasteiger charge is -2.22. The molecular weight excluding hydrogens is 525 g/mol. The molecule has 0 spiro atoms. The smallest absolute Gasteiger partial charge is 0.252 e. The lowest BCUT2D eigenvalue weighted by molar-refractivity contribution is 0.236. The number of anilines is 1. The van der Waals surface area contributed by atoms with Gasteiger partial charge in [-0.05, 0) is 58.0 Å². The molecule has 0 saturated carbocycles. The van der Waals surface area contributed by atoms with Crippen LogP contribution >= 0.6 is 0 Å². The van der Waals surface area contributed by atoms with Crippen LogP contribution in [-0.2, 0) is 26.2 Å². The van der Waals surface area contributed by atoms with E-state index in [2.05, 4.69) is 31.5 Å². The molecule has 0 aliphatic rings. The summed E-state index contributed by atoms with van der Waals surface area (Å²) in [4.78, 5) is 20.2. The molecule has 0 aliphatic carbocycles. The number of nitrogens with zero attached hydrogens (tertiary/aromatic N) is 6. The molecule has 5 rings (SSSR count). The predicted molar refractivity (Wildman–Crippen MR) is 155 cm³/mol. The molecule has 212 valence electrons. The number of halogens is 1. The number of hydrogen-bond donors (Lipinski definition) is 1. The number of rotatable bonds is 11. The lowest BCUT2D eigenvalue weighted by Crippen LogP contribution is -2.28. The molecule has 0 fully saturated rings. The van der Waals surface area contributed by atoms with Crippen molar-refractivity contribution < 1.29 is 13.9 Å². The zero-order valence-corrected chi connectivity index (χ0v) is 23.5. The van der Waals surface area contributed by atoms with Crippen molar-refractivity contribution in [2.24, 2.45) is 0 Å². The summed E-state index contributed by atoms with van der Waals surface area (Å²) in [5.74, 6) is 1.44. The zero-order valence-electron chi connectivity index (χ0n) is 23.5. The lowest BCUT2D eigenvalue weighted by atomic mass is 10.1. The van der Waals surface area contributed by atoms with Crippen LogP contribution in [0.3, 0.4) is 0 Å². The van der Waals surface area contributed by atoms with Gasteiger partial charge in [0.1, 0.15) is 5.82 Å². The standard InChI is InChI=1S/C30H32FN7O3/c1-36(2)25-7-5-6-21(12-25)17-38-29(33-34-35-38)19-37(16-20-8-10-24(31)11-9-20)18-23-13-22-14-27(40-3)28(41-4)15-26(22)32-30(23)39/h5-15H,16-19H2,1-4H3,(H,32,39).